The molecule has 8 heteroatoms. The van der Waals surface area contributed by atoms with Crippen LogP contribution in [0.25, 0.3) is 10.9 Å². The summed E-state index contributed by atoms with van der Waals surface area (Å²) in [5.41, 5.74) is 3.76. The Bertz CT molecular complexity index is 759. The van der Waals surface area contributed by atoms with Crippen LogP contribution in [-0.4, -0.2) is 58.2 Å². The van der Waals surface area contributed by atoms with Gasteiger partial charge in [0.2, 0.25) is 0 Å². The van der Waals surface area contributed by atoms with Crippen molar-refractivity contribution in [3.05, 3.63) is 41.0 Å². The highest BCUT2D eigenvalue weighted by molar-refractivity contribution is 6.31. The monoisotopic (exact) mass is 334 g/mol. The molecule has 1 aliphatic rings. The number of carboxylic acid groups (broad SMARTS) is 1. The smallest absolute Gasteiger partial charge is 0.407 e. The Labute approximate surface area is 137 Å². The van der Waals surface area contributed by atoms with Crippen LogP contribution in [0.5, 0.6) is 0 Å². The van der Waals surface area contributed by atoms with E-state index < -0.39 is 6.09 Å². The third-order valence-corrected chi connectivity index (χ3v) is 3.93. The standard InChI is InChI=1S/C15H15ClN4O3/c16-11-2-4-12-10(9-11)1-3-13(17-12)14(21)18-20-7-5-19(6-8-20)15(22)23/h1-4,9H,5-8H2,(H,18,21)(H,22,23). The minimum absolute atomic E-state index is 0.306. The van der Waals surface area contributed by atoms with Crippen LogP contribution in [0, 0.1) is 0 Å². The number of benzene rings is 1. The number of hydrogen-bond donors (Lipinski definition) is 2. The van der Waals surface area contributed by atoms with Gasteiger partial charge in [-0.2, -0.15) is 0 Å². The molecule has 0 atom stereocenters. The molecule has 3 rings (SSSR count). The molecule has 0 aliphatic carbocycles. The van der Waals surface area contributed by atoms with Crippen molar-refractivity contribution in [3.63, 3.8) is 0 Å². The molecule has 1 saturated heterocycles. The van der Waals surface area contributed by atoms with Gasteiger partial charge in [0.15, 0.2) is 0 Å². The van der Waals surface area contributed by atoms with Crippen molar-refractivity contribution < 1.29 is 14.7 Å². The van der Waals surface area contributed by atoms with Crippen LogP contribution in [0.15, 0.2) is 30.3 Å². The largest absolute Gasteiger partial charge is 0.465 e. The van der Waals surface area contributed by atoms with E-state index in [0.29, 0.717) is 42.4 Å². The third-order valence-electron chi connectivity index (χ3n) is 3.69. The predicted octanol–water partition coefficient (Wildman–Crippen LogP) is 1.83. The number of hydrogen-bond acceptors (Lipinski definition) is 4. The van der Waals surface area contributed by atoms with E-state index in [9.17, 15) is 9.59 Å². The summed E-state index contributed by atoms with van der Waals surface area (Å²) in [6.45, 7) is 1.61. The van der Waals surface area contributed by atoms with E-state index in [0.717, 1.165) is 5.39 Å². The summed E-state index contributed by atoms with van der Waals surface area (Å²) < 4.78 is 0. The highest BCUT2D eigenvalue weighted by atomic mass is 35.5. The van der Waals surface area contributed by atoms with Crippen LogP contribution in [-0.2, 0) is 0 Å². The van der Waals surface area contributed by atoms with Gasteiger partial charge in [-0.3, -0.25) is 10.2 Å². The number of pyridine rings is 1. The Kier molecular flexibility index (Phi) is 4.31. The fourth-order valence-electron chi connectivity index (χ4n) is 2.43. The molecule has 0 bridgehead atoms. The molecule has 2 aromatic rings. The normalized spacial score (nSPS) is 15.6. The van der Waals surface area contributed by atoms with Crippen LogP contribution < -0.4 is 5.43 Å². The zero-order chi connectivity index (χ0) is 16.4. The summed E-state index contributed by atoms with van der Waals surface area (Å²) in [5.74, 6) is -0.314. The maximum absolute atomic E-state index is 12.3. The molecule has 0 radical (unpaired) electrons. The van der Waals surface area contributed by atoms with Crippen LogP contribution in [0.1, 0.15) is 10.5 Å². The zero-order valence-corrected chi connectivity index (χ0v) is 13.0. The van der Waals surface area contributed by atoms with E-state index in [1.54, 1.807) is 35.3 Å². The second-order valence-corrected chi connectivity index (χ2v) is 5.67. The van der Waals surface area contributed by atoms with Crippen molar-refractivity contribution >= 4 is 34.5 Å². The molecule has 2 amide bonds. The maximum atomic E-state index is 12.3. The van der Waals surface area contributed by atoms with Gasteiger partial charge in [0.05, 0.1) is 5.52 Å². The van der Waals surface area contributed by atoms with Gasteiger partial charge < -0.3 is 10.0 Å². The molecule has 2 heterocycles. The number of rotatable bonds is 2. The molecule has 1 aromatic carbocycles. The first-order valence-corrected chi connectivity index (χ1v) is 7.51. The molecule has 120 valence electrons. The molecule has 0 saturated carbocycles. The summed E-state index contributed by atoms with van der Waals surface area (Å²) in [5, 5.41) is 12.1. The van der Waals surface area contributed by atoms with Gasteiger partial charge in [0.25, 0.3) is 5.91 Å². The van der Waals surface area contributed by atoms with E-state index in [1.165, 1.54) is 4.90 Å². The minimum Gasteiger partial charge on any atom is -0.465 e. The van der Waals surface area contributed by atoms with Crippen LogP contribution in [0.2, 0.25) is 5.02 Å². The number of nitrogens with zero attached hydrogens (tertiary/aromatic N) is 3. The lowest BCUT2D eigenvalue weighted by Crippen LogP contribution is -2.54. The predicted molar refractivity (Wildman–Crippen MR) is 85.4 cm³/mol. The van der Waals surface area contributed by atoms with Crippen molar-refractivity contribution in [1.29, 1.82) is 0 Å². The number of aromatic nitrogens is 1. The SMILES string of the molecule is O=C(NN1CCN(C(=O)O)CC1)c1ccc2cc(Cl)ccc2n1. The first-order valence-electron chi connectivity index (χ1n) is 7.13. The average Bonchev–Trinajstić information content (AvgIpc) is 2.54. The van der Waals surface area contributed by atoms with Gasteiger partial charge in [-0.1, -0.05) is 17.7 Å². The Morgan fingerprint density at radius 2 is 1.87 bits per heavy atom. The Balaban J connectivity index is 1.67. The highest BCUT2D eigenvalue weighted by Gasteiger charge is 2.22. The molecule has 2 N–H and O–H groups in total. The molecular formula is C15H15ClN4O3. The zero-order valence-electron chi connectivity index (χ0n) is 12.2. The number of halogens is 1. The summed E-state index contributed by atoms with van der Waals surface area (Å²) in [7, 11) is 0. The number of carbonyl (C=O) groups excluding carboxylic acids is 1. The Morgan fingerprint density at radius 1 is 1.13 bits per heavy atom. The van der Waals surface area contributed by atoms with Gasteiger partial charge in [-0.25, -0.2) is 14.8 Å². The quantitative estimate of drug-likeness (QED) is 0.875. The highest BCUT2D eigenvalue weighted by Crippen LogP contribution is 2.18. The van der Waals surface area contributed by atoms with E-state index in [2.05, 4.69) is 10.4 Å². The molecule has 0 unspecified atom stereocenters. The van der Waals surface area contributed by atoms with Gasteiger partial charge in [0.1, 0.15) is 5.69 Å². The number of amides is 2. The second-order valence-electron chi connectivity index (χ2n) is 5.23. The van der Waals surface area contributed by atoms with E-state index in [1.807, 2.05) is 0 Å². The maximum Gasteiger partial charge on any atom is 0.407 e. The summed E-state index contributed by atoms with van der Waals surface area (Å²) >= 11 is 5.92. The van der Waals surface area contributed by atoms with E-state index in [-0.39, 0.29) is 5.91 Å². The number of fused-ring (bicyclic) bond motifs is 1. The lowest BCUT2D eigenvalue weighted by atomic mass is 10.2. The van der Waals surface area contributed by atoms with Gasteiger partial charge >= 0.3 is 6.09 Å². The van der Waals surface area contributed by atoms with Crippen LogP contribution >= 0.6 is 11.6 Å². The number of carbonyl (C=O) groups is 2. The minimum atomic E-state index is -0.939. The Morgan fingerprint density at radius 3 is 2.57 bits per heavy atom. The van der Waals surface area contributed by atoms with Crippen LogP contribution in [0.3, 0.4) is 0 Å². The van der Waals surface area contributed by atoms with Crippen molar-refractivity contribution in [3.8, 4) is 0 Å². The van der Waals surface area contributed by atoms with Crippen LogP contribution in [0.4, 0.5) is 4.79 Å². The molecule has 23 heavy (non-hydrogen) atoms. The lowest BCUT2D eigenvalue weighted by molar-refractivity contribution is 0.0610. The van der Waals surface area contributed by atoms with Crippen molar-refractivity contribution in [2.75, 3.05) is 26.2 Å². The fraction of sp³-hybridized carbons (Fsp3) is 0.267. The lowest BCUT2D eigenvalue weighted by Gasteiger charge is -2.32. The first kappa shape index (κ1) is 15.5. The second kappa shape index (κ2) is 6.39. The topological polar surface area (TPSA) is 85.8 Å². The van der Waals surface area contributed by atoms with Gasteiger partial charge in [0, 0.05) is 36.6 Å². The fourth-order valence-corrected chi connectivity index (χ4v) is 2.61. The first-order chi connectivity index (χ1) is 11.0. The number of nitrogens with one attached hydrogen (secondary N) is 1. The van der Waals surface area contributed by atoms with E-state index >= 15 is 0 Å². The molecular weight excluding hydrogens is 320 g/mol. The van der Waals surface area contributed by atoms with Crippen molar-refractivity contribution in [1.82, 2.24) is 20.3 Å². The van der Waals surface area contributed by atoms with Gasteiger partial charge in [-0.05, 0) is 24.3 Å². The molecule has 0 spiro atoms. The summed E-state index contributed by atoms with van der Waals surface area (Å²) in [6, 6.07) is 8.72. The van der Waals surface area contributed by atoms with Crippen molar-refractivity contribution in [2.45, 2.75) is 0 Å². The molecule has 1 aromatic heterocycles. The average molecular weight is 335 g/mol. The molecule has 7 nitrogen and oxygen atoms in total. The van der Waals surface area contributed by atoms with Gasteiger partial charge in [-0.15, -0.1) is 0 Å². The molecule has 1 fully saturated rings. The number of hydrazine groups is 1. The number of piperazine rings is 1. The molecule has 1 aliphatic heterocycles. The van der Waals surface area contributed by atoms with Crippen molar-refractivity contribution in [2.24, 2.45) is 0 Å². The third kappa shape index (κ3) is 3.52. The summed E-state index contributed by atoms with van der Waals surface area (Å²) in [6.07, 6.45) is -0.939. The Hall–Kier alpha value is -2.38. The van der Waals surface area contributed by atoms with E-state index in [4.69, 9.17) is 16.7 Å². The summed E-state index contributed by atoms with van der Waals surface area (Å²) in [4.78, 5) is 28.8.